The molecule has 6 fully saturated rings. The number of halogens is 2. The lowest BCUT2D eigenvalue weighted by molar-refractivity contribution is -0.0495. The molecule has 0 atom stereocenters. The number of rotatable bonds is 0. The van der Waals surface area contributed by atoms with Crippen molar-refractivity contribution in [1.82, 2.24) is 0 Å². The highest BCUT2D eigenvalue weighted by molar-refractivity contribution is 9.13. The van der Waals surface area contributed by atoms with Crippen LogP contribution in [0.2, 0.25) is 0 Å². The van der Waals surface area contributed by atoms with Crippen LogP contribution in [0.3, 0.4) is 0 Å². The third-order valence-electron chi connectivity index (χ3n) is 6.42. The number of hydrogen-bond acceptors (Lipinski definition) is 0. The lowest BCUT2D eigenvalue weighted by Gasteiger charge is -2.70. The summed E-state index contributed by atoms with van der Waals surface area (Å²) in [5, 5.41) is 0. The van der Waals surface area contributed by atoms with E-state index in [2.05, 4.69) is 31.9 Å². The van der Waals surface area contributed by atoms with Crippen LogP contribution in [0, 0.1) is 23.7 Å². The highest BCUT2D eigenvalue weighted by Gasteiger charge is 2.70. The average molecular weight is 348 g/mol. The summed E-state index contributed by atoms with van der Waals surface area (Å²) in [6, 6.07) is 0. The molecule has 2 heteroatoms. The summed E-state index contributed by atoms with van der Waals surface area (Å²) < 4.78 is 0.949. The van der Waals surface area contributed by atoms with Gasteiger partial charge in [0.2, 0.25) is 0 Å². The summed E-state index contributed by atoms with van der Waals surface area (Å²) in [7, 11) is 0. The zero-order valence-corrected chi connectivity index (χ0v) is 12.9. The first-order valence-electron chi connectivity index (χ1n) is 7.05. The van der Waals surface area contributed by atoms with Gasteiger partial charge in [-0.05, 0) is 75.0 Å². The van der Waals surface area contributed by atoms with Crippen molar-refractivity contribution in [3.8, 4) is 0 Å². The summed E-state index contributed by atoms with van der Waals surface area (Å²) in [5.74, 6) is 3.85. The van der Waals surface area contributed by atoms with Gasteiger partial charge in [0.25, 0.3) is 0 Å². The molecule has 0 unspecified atom stereocenters. The van der Waals surface area contributed by atoms with Crippen LogP contribution in [0.15, 0.2) is 0 Å². The first kappa shape index (κ1) is 10.8. The molecule has 0 aromatic rings. The van der Waals surface area contributed by atoms with Gasteiger partial charge in [0.15, 0.2) is 0 Å². The molecule has 0 nitrogen and oxygen atoms in total. The quantitative estimate of drug-likeness (QED) is 0.547. The Kier molecular flexibility index (Phi) is 2.23. The molecular weight excluding hydrogens is 328 g/mol. The monoisotopic (exact) mass is 346 g/mol. The summed E-state index contributed by atoms with van der Waals surface area (Å²) in [5.41, 5.74) is 0. The number of fused-ring (bicyclic) bond motifs is 4. The predicted octanol–water partition coefficient (Wildman–Crippen LogP) is 4.89. The molecule has 0 heterocycles. The summed E-state index contributed by atoms with van der Waals surface area (Å²) >= 11 is 8.59. The molecule has 0 saturated heterocycles. The molecule has 6 aliphatic rings. The average Bonchev–Trinajstić information content (AvgIpc) is 2.35. The van der Waals surface area contributed by atoms with Gasteiger partial charge in [-0.2, -0.15) is 0 Å². The Morgan fingerprint density at radius 1 is 0.500 bits per heavy atom. The standard InChI is InChI=1S/C14H20Br2/c15-13-9-1-2-10(4-3-9)14(13,16)12-7-5-11(13)6-8-12/h9-12H,1-8H2. The predicted molar refractivity (Wildman–Crippen MR) is 74.2 cm³/mol. The first-order valence-corrected chi connectivity index (χ1v) is 8.63. The Balaban J connectivity index is 1.88. The van der Waals surface area contributed by atoms with Crippen molar-refractivity contribution in [3.05, 3.63) is 0 Å². The second-order valence-electron chi connectivity index (χ2n) is 6.63. The van der Waals surface area contributed by atoms with E-state index >= 15 is 0 Å². The molecule has 0 radical (unpaired) electrons. The third-order valence-corrected chi connectivity index (χ3v) is 10.9. The summed E-state index contributed by atoms with van der Waals surface area (Å²) in [6.45, 7) is 0. The minimum Gasteiger partial charge on any atom is -0.0832 e. The molecule has 6 saturated carbocycles. The Bertz CT molecular complexity index is 253. The highest BCUT2D eigenvalue weighted by atomic mass is 79.9. The van der Waals surface area contributed by atoms with Gasteiger partial charge < -0.3 is 0 Å². The van der Waals surface area contributed by atoms with Gasteiger partial charge in [-0.3, -0.25) is 0 Å². The van der Waals surface area contributed by atoms with Crippen LogP contribution < -0.4 is 0 Å². The van der Waals surface area contributed by atoms with Crippen molar-refractivity contribution in [1.29, 1.82) is 0 Å². The fraction of sp³-hybridized carbons (Fsp3) is 1.00. The number of hydrogen-bond donors (Lipinski definition) is 0. The van der Waals surface area contributed by atoms with E-state index in [4.69, 9.17) is 0 Å². The molecule has 4 bridgehead atoms. The van der Waals surface area contributed by atoms with Crippen LogP contribution in [0.25, 0.3) is 0 Å². The lowest BCUT2D eigenvalue weighted by Crippen LogP contribution is -2.71. The normalized spacial score (nSPS) is 63.4. The second-order valence-corrected chi connectivity index (χ2v) is 9.26. The third kappa shape index (κ3) is 1.00. The van der Waals surface area contributed by atoms with Gasteiger partial charge in [-0.25, -0.2) is 0 Å². The van der Waals surface area contributed by atoms with E-state index < -0.39 is 0 Å². The van der Waals surface area contributed by atoms with Gasteiger partial charge in [0.05, 0.1) is 0 Å². The maximum absolute atomic E-state index is 4.30. The molecule has 0 N–H and O–H groups in total. The largest absolute Gasteiger partial charge is 0.0832 e. The van der Waals surface area contributed by atoms with E-state index in [1.807, 2.05) is 0 Å². The van der Waals surface area contributed by atoms with E-state index in [9.17, 15) is 0 Å². The fourth-order valence-corrected chi connectivity index (χ4v) is 8.91. The molecule has 0 spiro atoms. The van der Waals surface area contributed by atoms with E-state index in [1.165, 1.54) is 51.4 Å². The van der Waals surface area contributed by atoms with Crippen molar-refractivity contribution in [2.45, 2.75) is 60.0 Å². The van der Waals surface area contributed by atoms with Gasteiger partial charge in [-0.15, -0.1) is 0 Å². The lowest BCUT2D eigenvalue weighted by atomic mass is 9.45. The molecular formula is C14H20Br2. The minimum absolute atomic E-state index is 0.475. The highest BCUT2D eigenvalue weighted by Crippen LogP contribution is 2.73. The second kappa shape index (κ2) is 3.29. The molecule has 6 rings (SSSR count). The van der Waals surface area contributed by atoms with Crippen molar-refractivity contribution in [2.75, 3.05) is 0 Å². The van der Waals surface area contributed by atoms with Crippen molar-refractivity contribution in [2.24, 2.45) is 23.7 Å². The summed E-state index contributed by atoms with van der Waals surface area (Å²) in [4.78, 5) is 0. The Labute approximate surface area is 115 Å². The smallest absolute Gasteiger partial charge is 0.0472 e. The molecule has 0 aromatic carbocycles. The van der Waals surface area contributed by atoms with E-state index in [0.717, 1.165) is 23.7 Å². The van der Waals surface area contributed by atoms with Gasteiger partial charge in [0.1, 0.15) is 0 Å². The van der Waals surface area contributed by atoms with Crippen LogP contribution in [0.4, 0.5) is 0 Å². The maximum Gasteiger partial charge on any atom is 0.0472 e. The van der Waals surface area contributed by atoms with Crippen LogP contribution in [0.1, 0.15) is 51.4 Å². The number of alkyl halides is 2. The minimum atomic E-state index is 0.475. The molecule has 6 aliphatic carbocycles. The molecule has 0 aliphatic heterocycles. The zero-order chi connectivity index (χ0) is 11.0. The van der Waals surface area contributed by atoms with Crippen molar-refractivity contribution >= 4 is 31.9 Å². The van der Waals surface area contributed by atoms with Crippen LogP contribution in [-0.2, 0) is 0 Å². The van der Waals surface area contributed by atoms with Gasteiger partial charge in [-0.1, -0.05) is 31.9 Å². The Morgan fingerprint density at radius 3 is 0.875 bits per heavy atom. The van der Waals surface area contributed by atoms with Crippen LogP contribution in [-0.4, -0.2) is 8.65 Å². The maximum atomic E-state index is 4.30. The van der Waals surface area contributed by atoms with E-state index in [0.29, 0.717) is 8.65 Å². The van der Waals surface area contributed by atoms with Gasteiger partial charge in [0, 0.05) is 8.65 Å². The van der Waals surface area contributed by atoms with Gasteiger partial charge >= 0.3 is 0 Å². The Morgan fingerprint density at radius 2 is 0.688 bits per heavy atom. The van der Waals surface area contributed by atoms with Crippen molar-refractivity contribution < 1.29 is 0 Å². The SMILES string of the molecule is BrC12C3CCC(CC3)C1(Br)C1CCC2CC1. The topological polar surface area (TPSA) is 0 Å². The molecule has 16 heavy (non-hydrogen) atoms. The van der Waals surface area contributed by atoms with E-state index in [-0.39, 0.29) is 0 Å². The zero-order valence-electron chi connectivity index (χ0n) is 9.72. The Hall–Kier alpha value is 0.960. The first-order chi connectivity index (χ1) is 7.67. The molecule has 90 valence electrons. The van der Waals surface area contributed by atoms with Crippen molar-refractivity contribution in [3.63, 3.8) is 0 Å². The fourth-order valence-electron chi connectivity index (χ4n) is 5.79. The summed E-state index contributed by atoms with van der Waals surface area (Å²) in [6.07, 6.45) is 11.9. The van der Waals surface area contributed by atoms with Crippen LogP contribution >= 0.6 is 31.9 Å². The molecule has 0 amide bonds. The van der Waals surface area contributed by atoms with Crippen LogP contribution in [0.5, 0.6) is 0 Å². The molecule has 0 aromatic heterocycles. The van der Waals surface area contributed by atoms with E-state index in [1.54, 1.807) is 0 Å².